The van der Waals surface area contributed by atoms with Gasteiger partial charge in [0.25, 0.3) is 15.9 Å². The molecule has 1 amide bonds. The van der Waals surface area contributed by atoms with Crippen LogP contribution < -0.4 is 10.0 Å². The van der Waals surface area contributed by atoms with Gasteiger partial charge in [-0.1, -0.05) is 30.2 Å². The quantitative estimate of drug-likeness (QED) is 0.489. The molecule has 0 saturated carbocycles. The first-order valence-electron chi connectivity index (χ1n) is 11.6. The summed E-state index contributed by atoms with van der Waals surface area (Å²) in [4.78, 5) is 15.5. The van der Waals surface area contributed by atoms with E-state index >= 15 is 0 Å². The highest BCUT2D eigenvalue weighted by Gasteiger charge is 2.26. The van der Waals surface area contributed by atoms with Crippen LogP contribution in [0.3, 0.4) is 0 Å². The van der Waals surface area contributed by atoms with E-state index in [4.69, 9.17) is 4.42 Å². The maximum absolute atomic E-state index is 13.1. The molecule has 0 radical (unpaired) electrons. The molecule has 2 heterocycles. The Morgan fingerprint density at radius 1 is 1.03 bits per heavy atom. The summed E-state index contributed by atoms with van der Waals surface area (Å²) in [6, 6.07) is 15.4. The number of nitrogens with zero attached hydrogens (tertiary/aromatic N) is 1. The van der Waals surface area contributed by atoms with E-state index in [1.807, 2.05) is 31.2 Å². The number of likely N-dealkylation sites (tertiary alicyclic amines) is 1. The highest BCUT2D eigenvalue weighted by atomic mass is 32.2. The Bertz CT molecular complexity index is 1220. The molecule has 3 aromatic rings. The molecule has 1 unspecified atom stereocenters. The van der Waals surface area contributed by atoms with Crippen molar-refractivity contribution in [2.75, 3.05) is 24.4 Å². The number of benzene rings is 2. The zero-order valence-corrected chi connectivity index (χ0v) is 20.4. The Balaban J connectivity index is 1.50. The third-order valence-corrected chi connectivity index (χ3v) is 7.61. The molecule has 1 aliphatic rings. The van der Waals surface area contributed by atoms with Gasteiger partial charge in [-0.05, 0) is 81.7 Å². The largest absolute Gasteiger partial charge is 0.468 e. The zero-order valence-electron chi connectivity index (χ0n) is 19.6. The monoisotopic (exact) mass is 481 g/mol. The van der Waals surface area contributed by atoms with Crippen LogP contribution in [0, 0.1) is 13.8 Å². The highest BCUT2D eigenvalue weighted by Crippen LogP contribution is 2.25. The molecular formula is C26H31N3O4S. The number of aryl methyl sites for hydroxylation is 2. The van der Waals surface area contributed by atoms with Crippen LogP contribution in [-0.2, 0) is 10.0 Å². The van der Waals surface area contributed by atoms with Gasteiger partial charge in [0.05, 0.1) is 17.2 Å². The van der Waals surface area contributed by atoms with Gasteiger partial charge in [0, 0.05) is 17.8 Å². The summed E-state index contributed by atoms with van der Waals surface area (Å²) >= 11 is 0. The molecule has 8 heteroatoms. The Morgan fingerprint density at radius 3 is 2.44 bits per heavy atom. The molecule has 1 aliphatic heterocycles. The van der Waals surface area contributed by atoms with E-state index in [9.17, 15) is 13.2 Å². The van der Waals surface area contributed by atoms with Crippen LogP contribution in [-0.4, -0.2) is 38.9 Å². The van der Waals surface area contributed by atoms with Crippen LogP contribution >= 0.6 is 0 Å². The number of hydrogen-bond donors (Lipinski definition) is 2. The molecule has 180 valence electrons. The van der Waals surface area contributed by atoms with E-state index in [-0.39, 0.29) is 16.8 Å². The minimum Gasteiger partial charge on any atom is -0.468 e. The van der Waals surface area contributed by atoms with Gasteiger partial charge in [-0.3, -0.25) is 14.4 Å². The number of anilines is 1. The number of rotatable bonds is 8. The van der Waals surface area contributed by atoms with E-state index in [2.05, 4.69) is 14.9 Å². The molecule has 2 aromatic carbocycles. The molecule has 1 atom stereocenters. The number of sulfonamides is 1. The first-order chi connectivity index (χ1) is 16.3. The average molecular weight is 482 g/mol. The third kappa shape index (κ3) is 5.69. The number of carbonyl (C=O) groups is 1. The van der Waals surface area contributed by atoms with Crippen molar-refractivity contribution in [3.63, 3.8) is 0 Å². The van der Waals surface area contributed by atoms with Crippen molar-refractivity contribution in [1.29, 1.82) is 0 Å². The van der Waals surface area contributed by atoms with E-state index in [1.165, 1.54) is 18.6 Å². The molecule has 4 rings (SSSR count). The Kier molecular flexibility index (Phi) is 7.38. The van der Waals surface area contributed by atoms with Gasteiger partial charge >= 0.3 is 0 Å². The fourth-order valence-electron chi connectivity index (χ4n) is 4.25. The van der Waals surface area contributed by atoms with E-state index in [0.29, 0.717) is 23.4 Å². The van der Waals surface area contributed by atoms with Gasteiger partial charge < -0.3 is 9.73 Å². The van der Waals surface area contributed by atoms with E-state index < -0.39 is 10.0 Å². The molecule has 1 fully saturated rings. The smallest absolute Gasteiger partial charge is 0.261 e. The minimum absolute atomic E-state index is 0.0439. The number of piperidine rings is 1. The summed E-state index contributed by atoms with van der Waals surface area (Å²) in [6.45, 7) is 6.03. The van der Waals surface area contributed by atoms with Crippen LogP contribution in [0.1, 0.15) is 52.5 Å². The normalized spacial score (nSPS) is 15.6. The van der Waals surface area contributed by atoms with Crippen LogP contribution in [0.4, 0.5) is 5.69 Å². The summed E-state index contributed by atoms with van der Waals surface area (Å²) < 4.78 is 34.1. The number of nitrogens with one attached hydrogen (secondary N) is 2. The second-order valence-corrected chi connectivity index (χ2v) is 10.5. The minimum atomic E-state index is -3.84. The Hall–Kier alpha value is -3.10. The highest BCUT2D eigenvalue weighted by molar-refractivity contribution is 7.92. The predicted molar refractivity (Wildman–Crippen MR) is 132 cm³/mol. The summed E-state index contributed by atoms with van der Waals surface area (Å²) in [5.41, 5.74) is 2.55. The Morgan fingerprint density at radius 2 is 1.76 bits per heavy atom. The summed E-state index contributed by atoms with van der Waals surface area (Å²) in [6.07, 6.45) is 5.11. The van der Waals surface area contributed by atoms with Gasteiger partial charge in [-0.2, -0.15) is 0 Å². The first kappa shape index (κ1) is 24.0. The molecule has 0 spiro atoms. The van der Waals surface area contributed by atoms with Gasteiger partial charge in [-0.25, -0.2) is 8.42 Å². The Labute approximate surface area is 201 Å². The van der Waals surface area contributed by atoms with Crippen molar-refractivity contribution in [2.24, 2.45) is 0 Å². The van der Waals surface area contributed by atoms with E-state index in [1.54, 1.807) is 31.4 Å². The van der Waals surface area contributed by atoms with Gasteiger partial charge in [0.2, 0.25) is 0 Å². The summed E-state index contributed by atoms with van der Waals surface area (Å²) in [7, 11) is -3.84. The molecule has 7 nitrogen and oxygen atoms in total. The van der Waals surface area contributed by atoms with Crippen LogP contribution in [0.15, 0.2) is 70.2 Å². The average Bonchev–Trinajstić information content (AvgIpc) is 3.36. The van der Waals surface area contributed by atoms with Crippen molar-refractivity contribution in [3.8, 4) is 0 Å². The number of amides is 1. The van der Waals surface area contributed by atoms with Crippen LogP contribution in [0.2, 0.25) is 0 Å². The van der Waals surface area contributed by atoms with Crippen molar-refractivity contribution in [2.45, 2.75) is 44.0 Å². The van der Waals surface area contributed by atoms with Crippen LogP contribution in [0.25, 0.3) is 0 Å². The molecule has 34 heavy (non-hydrogen) atoms. The van der Waals surface area contributed by atoms with Gasteiger partial charge in [-0.15, -0.1) is 0 Å². The van der Waals surface area contributed by atoms with Crippen molar-refractivity contribution < 1.29 is 17.6 Å². The lowest BCUT2D eigenvalue weighted by Gasteiger charge is -2.33. The topological polar surface area (TPSA) is 91.6 Å². The molecule has 0 bridgehead atoms. The molecular weight excluding hydrogens is 450 g/mol. The second-order valence-electron chi connectivity index (χ2n) is 8.79. The number of hydrogen-bond acceptors (Lipinski definition) is 5. The maximum atomic E-state index is 13.1. The van der Waals surface area contributed by atoms with E-state index in [0.717, 1.165) is 37.3 Å². The molecule has 0 aliphatic carbocycles. The lowest BCUT2D eigenvalue weighted by Crippen LogP contribution is -2.40. The third-order valence-electron chi connectivity index (χ3n) is 6.23. The number of carbonyl (C=O) groups excluding carboxylic acids is 1. The predicted octanol–water partition coefficient (Wildman–Crippen LogP) is 4.65. The molecule has 2 N–H and O–H groups in total. The zero-order chi connectivity index (χ0) is 24.1. The fourth-order valence-corrected chi connectivity index (χ4v) is 5.34. The number of furan rings is 1. The standard InChI is InChI=1S/C26H31N3O4S/c1-19-8-11-21(12-9-19)28-34(31,32)22-13-10-20(2)23(17-22)26(30)27-18-24(25-7-6-16-33-25)29-14-4-3-5-15-29/h6-13,16-17,24,28H,3-5,14-15,18H2,1-2H3,(H,27,30). The fraction of sp³-hybridized carbons (Fsp3) is 0.346. The van der Waals surface area contributed by atoms with Gasteiger partial charge in [0.15, 0.2) is 0 Å². The second kappa shape index (κ2) is 10.4. The summed E-state index contributed by atoms with van der Waals surface area (Å²) in [5.74, 6) is 0.510. The van der Waals surface area contributed by atoms with Crippen molar-refractivity contribution >= 4 is 21.6 Å². The molecule has 1 aromatic heterocycles. The maximum Gasteiger partial charge on any atom is 0.261 e. The van der Waals surface area contributed by atoms with Crippen LogP contribution in [0.5, 0.6) is 0 Å². The summed E-state index contributed by atoms with van der Waals surface area (Å²) in [5, 5.41) is 3.00. The van der Waals surface area contributed by atoms with Gasteiger partial charge in [0.1, 0.15) is 5.76 Å². The van der Waals surface area contributed by atoms with Crippen molar-refractivity contribution in [1.82, 2.24) is 10.2 Å². The first-order valence-corrected chi connectivity index (χ1v) is 13.1. The SMILES string of the molecule is Cc1ccc(NS(=O)(=O)c2ccc(C)c(C(=O)NCC(c3ccco3)N3CCCCC3)c2)cc1. The molecule has 1 saturated heterocycles. The van der Waals surface area contributed by atoms with Crippen molar-refractivity contribution in [3.05, 3.63) is 83.3 Å². The lowest BCUT2D eigenvalue weighted by molar-refractivity contribution is 0.0913. The lowest BCUT2D eigenvalue weighted by atomic mass is 10.1.